The maximum Gasteiger partial charge on any atom is 0.0937 e. The molecule has 4 heteroatoms. The lowest BCUT2D eigenvalue weighted by Crippen LogP contribution is -2.26. The predicted molar refractivity (Wildman–Crippen MR) is 100 cm³/mol. The molecule has 1 aromatic heterocycles. The van der Waals surface area contributed by atoms with Crippen LogP contribution in [0.15, 0.2) is 42.5 Å². The average Bonchev–Trinajstić information content (AvgIpc) is 2.92. The van der Waals surface area contributed by atoms with Gasteiger partial charge in [0.25, 0.3) is 0 Å². The molecule has 2 aromatic carbocycles. The third-order valence-electron chi connectivity index (χ3n) is 5.30. The third kappa shape index (κ3) is 2.35. The summed E-state index contributed by atoms with van der Waals surface area (Å²) in [4.78, 5) is 9.89. The first-order valence-corrected chi connectivity index (χ1v) is 8.82. The van der Waals surface area contributed by atoms with E-state index in [4.69, 9.17) is 9.97 Å². The van der Waals surface area contributed by atoms with Crippen molar-refractivity contribution in [3.8, 4) is 23.4 Å². The zero-order valence-electron chi connectivity index (χ0n) is 14.7. The number of hydrogen-bond acceptors (Lipinski definition) is 4. The van der Waals surface area contributed by atoms with E-state index in [0.717, 1.165) is 33.5 Å². The van der Waals surface area contributed by atoms with Gasteiger partial charge in [0.1, 0.15) is 0 Å². The Morgan fingerprint density at radius 3 is 2.23 bits per heavy atom. The summed E-state index contributed by atoms with van der Waals surface area (Å²) in [5.74, 6) is 0. The summed E-state index contributed by atoms with van der Waals surface area (Å²) in [6.45, 7) is 2.07. The molecule has 0 unspecified atom stereocenters. The fourth-order valence-electron chi connectivity index (χ4n) is 4.08. The van der Waals surface area contributed by atoms with E-state index >= 15 is 0 Å². The summed E-state index contributed by atoms with van der Waals surface area (Å²) in [5, 5.41) is 18.5. The summed E-state index contributed by atoms with van der Waals surface area (Å²) in [5.41, 5.74) is 6.53. The number of rotatable bonds is 4. The van der Waals surface area contributed by atoms with Gasteiger partial charge in [0, 0.05) is 23.8 Å². The van der Waals surface area contributed by atoms with Crippen molar-refractivity contribution in [2.24, 2.45) is 0 Å². The lowest BCUT2D eigenvalue weighted by molar-refractivity contribution is 0.447. The van der Waals surface area contributed by atoms with Gasteiger partial charge < -0.3 is 0 Å². The zero-order valence-corrected chi connectivity index (χ0v) is 14.7. The minimum absolute atomic E-state index is 0.417. The lowest BCUT2D eigenvalue weighted by atomic mass is 9.73. The molecule has 0 N–H and O–H groups in total. The van der Waals surface area contributed by atoms with Gasteiger partial charge in [-0.1, -0.05) is 35.9 Å². The van der Waals surface area contributed by atoms with Crippen molar-refractivity contribution in [1.29, 1.82) is 10.5 Å². The van der Waals surface area contributed by atoms with Crippen molar-refractivity contribution >= 4 is 11.0 Å². The quantitative estimate of drug-likeness (QED) is 0.684. The van der Waals surface area contributed by atoms with E-state index < -0.39 is 5.41 Å². The molecule has 0 amide bonds. The molecular formula is C22H18N4. The minimum Gasteiger partial charge on any atom is -0.248 e. The standard InChI is InChI=1S/C22H18N4/c1-15-8-9-16-17(14-15)22(10-4-12-23,11-5-13-24)21-20(16)25-18-6-2-3-7-19(18)26-21/h2-3,6-9,14H,4-5,10-11H2,1H3. The molecular weight excluding hydrogens is 320 g/mol. The Labute approximate surface area is 152 Å². The van der Waals surface area contributed by atoms with Gasteiger partial charge in [0.15, 0.2) is 0 Å². The maximum absolute atomic E-state index is 9.24. The molecule has 1 aliphatic carbocycles. The van der Waals surface area contributed by atoms with E-state index in [1.165, 1.54) is 5.56 Å². The van der Waals surface area contributed by atoms with Crippen LogP contribution in [0, 0.1) is 29.6 Å². The maximum atomic E-state index is 9.24. The third-order valence-corrected chi connectivity index (χ3v) is 5.30. The Morgan fingerprint density at radius 2 is 1.58 bits per heavy atom. The second-order valence-electron chi connectivity index (χ2n) is 6.86. The van der Waals surface area contributed by atoms with Crippen LogP contribution in [-0.4, -0.2) is 9.97 Å². The van der Waals surface area contributed by atoms with Crippen LogP contribution >= 0.6 is 0 Å². The van der Waals surface area contributed by atoms with Gasteiger partial charge in [0.2, 0.25) is 0 Å². The minimum atomic E-state index is -0.417. The van der Waals surface area contributed by atoms with Crippen LogP contribution in [0.4, 0.5) is 0 Å². The molecule has 3 aromatic rings. The normalized spacial score (nSPS) is 13.7. The van der Waals surface area contributed by atoms with Crippen LogP contribution < -0.4 is 0 Å². The highest BCUT2D eigenvalue weighted by Crippen LogP contribution is 2.52. The Balaban J connectivity index is 2.04. The molecule has 0 fully saturated rings. The van der Waals surface area contributed by atoms with Crippen molar-refractivity contribution in [3.63, 3.8) is 0 Å². The van der Waals surface area contributed by atoms with Gasteiger partial charge in [-0.25, -0.2) is 9.97 Å². The average molecular weight is 338 g/mol. The second-order valence-corrected chi connectivity index (χ2v) is 6.86. The number of nitrogens with zero attached hydrogens (tertiary/aromatic N) is 4. The number of benzene rings is 2. The van der Waals surface area contributed by atoms with Gasteiger partial charge in [-0.2, -0.15) is 10.5 Å². The van der Waals surface area contributed by atoms with Gasteiger partial charge in [-0.05, 0) is 37.5 Å². The van der Waals surface area contributed by atoms with Crippen LogP contribution in [0.5, 0.6) is 0 Å². The van der Waals surface area contributed by atoms with Crippen molar-refractivity contribution < 1.29 is 0 Å². The molecule has 1 aliphatic rings. The van der Waals surface area contributed by atoms with Crippen molar-refractivity contribution in [2.75, 3.05) is 0 Å². The van der Waals surface area contributed by atoms with Crippen molar-refractivity contribution in [2.45, 2.75) is 38.0 Å². The molecule has 126 valence electrons. The Bertz CT molecular complexity index is 1070. The summed E-state index contributed by atoms with van der Waals surface area (Å²) in [6.07, 6.45) is 2.16. The van der Waals surface area contributed by atoms with Crippen LogP contribution in [0.1, 0.15) is 42.5 Å². The molecule has 0 bridgehead atoms. The molecule has 0 radical (unpaired) electrons. The van der Waals surface area contributed by atoms with E-state index in [1.54, 1.807) is 0 Å². The van der Waals surface area contributed by atoms with Crippen LogP contribution in [-0.2, 0) is 5.41 Å². The highest BCUT2D eigenvalue weighted by atomic mass is 14.9. The van der Waals surface area contributed by atoms with E-state index in [2.05, 4.69) is 37.3 Å². The topological polar surface area (TPSA) is 73.4 Å². The highest BCUT2D eigenvalue weighted by molar-refractivity contribution is 5.84. The smallest absolute Gasteiger partial charge is 0.0937 e. The number of aromatic nitrogens is 2. The monoisotopic (exact) mass is 338 g/mol. The van der Waals surface area contributed by atoms with Gasteiger partial charge in [-0.15, -0.1) is 0 Å². The van der Waals surface area contributed by atoms with Gasteiger partial charge >= 0.3 is 0 Å². The van der Waals surface area contributed by atoms with Crippen LogP contribution in [0.25, 0.3) is 22.3 Å². The van der Waals surface area contributed by atoms with E-state index in [9.17, 15) is 10.5 Å². The Hall–Kier alpha value is -3.24. The molecule has 4 nitrogen and oxygen atoms in total. The van der Waals surface area contributed by atoms with Gasteiger partial charge in [-0.3, -0.25) is 0 Å². The fourth-order valence-corrected chi connectivity index (χ4v) is 4.08. The molecule has 0 spiro atoms. The predicted octanol–water partition coefficient (Wildman–Crippen LogP) is 4.81. The number of para-hydroxylation sites is 2. The van der Waals surface area contributed by atoms with Gasteiger partial charge in [0.05, 0.1) is 34.6 Å². The van der Waals surface area contributed by atoms with Crippen molar-refractivity contribution in [1.82, 2.24) is 9.97 Å². The SMILES string of the molecule is Cc1ccc2c(c1)C(CCC#N)(CCC#N)c1nc3ccccc3nc1-2. The zero-order chi connectivity index (χ0) is 18.1. The Morgan fingerprint density at radius 1 is 0.923 bits per heavy atom. The Kier molecular flexibility index (Phi) is 3.90. The summed E-state index contributed by atoms with van der Waals surface area (Å²) in [7, 11) is 0. The molecule has 0 atom stereocenters. The van der Waals surface area contributed by atoms with Crippen LogP contribution in [0.3, 0.4) is 0 Å². The first-order chi connectivity index (χ1) is 12.7. The lowest BCUT2D eigenvalue weighted by Gasteiger charge is -2.29. The molecule has 0 saturated carbocycles. The van der Waals surface area contributed by atoms with Crippen molar-refractivity contribution in [3.05, 3.63) is 59.3 Å². The second kappa shape index (κ2) is 6.24. The van der Waals surface area contributed by atoms with E-state index in [-0.39, 0.29) is 0 Å². The number of fused-ring (bicyclic) bond motifs is 4. The van der Waals surface area contributed by atoms with E-state index in [1.807, 2.05) is 24.3 Å². The van der Waals surface area contributed by atoms with Crippen LogP contribution in [0.2, 0.25) is 0 Å². The van der Waals surface area contributed by atoms with E-state index in [0.29, 0.717) is 25.7 Å². The molecule has 4 rings (SSSR count). The first-order valence-electron chi connectivity index (χ1n) is 8.82. The highest BCUT2D eigenvalue weighted by Gasteiger charge is 2.45. The molecule has 0 aliphatic heterocycles. The summed E-state index contributed by atoms with van der Waals surface area (Å²) < 4.78 is 0. The first kappa shape index (κ1) is 16.2. The molecule has 26 heavy (non-hydrogen) atoms. The number of hydrogen-bond donors (Lipinski definition) is 0. The molecule has 1 heterocycles. The molecule has 0 saturated heterocycles. The number of aryl methyl sites for hydroxylation is 1. The number of nitriles is 2. The largest absolute Gasteiger partial charge is 0.248 e. The summed E-state index contributed by atoms with van der Waals surface area (Å²) >= 11 is 0. The summed E-state index contributed by atoms with van der Waals surface area (Å²) in [6, 6.07) is 18.8. The fraction of sp³-hybridized carbons (Fsp3) is 0.273.